The summed E-state index contributed by atoms with van der Waals surface area (Å²) >= 11 is 0. The first-order chi connectivity index (χ1) is 7.04. The van der Waals surface area contributed by atoms with Crippen LogP contribution in [-0.4, -0.2) is 31.5 Å². The van der Waals surface area contributed by atoms with Gasteiger partial charge < -0.3 is 11.1 Å². The fraction of sp³-hybridized carbons (Fsp3) is 0.556. The highest BCUT2D eigenvalue weighted by atomic mass is 16.7. The summed E-state index contributed by atoms with van der Waals surface area (Å²) in [6.07, 6.45) is 1.39. The van der Waals surface area contributed by atoms with E-state index in [1.165, 1.54) is 19.5 Å². The van der Waals surface area contributed by atoms with Gasteiger partial charge in [-0.15, -0.1) is 0 Å². The van der Waals surface area contributed by atoms with Crippen LogP contribution in [0.4, 0.5) is 0 Å². The van der Waals surface area contributed by atoms with Crippen molar-refractivity contribution in [1.82, 2.24) is 10.8 Å². The Hall–Kier alpha value is -1.40. The van der Waals surface area contributed by atoms with Gasteiger partial charge >= 0.3 is 11.8 Å². The molecule has 0 atom stereocenters. The van der Waals surface area contributed by atoms with E-state index in [0.29, 0.717) is 0 Å². The molecule has 2 amide bonds. The van der Waals surface area contributed by atoms with Gasteiger partial charge in [-0.3, -0.25) is 14.4 Å². The Morgan fingerprint density at radius 1 is 1.53 bits per heavy atom. The Balaban J connectivity index is 0.000000401. The third kappa shape index (κ3) is 8.92. The molecule has 1 aliphatic rings. The van der Waals surface area contributed by atoms with E-state index in [0.717, 1.165) is 5.57 Å². The monoisotopic (exact) mass is 215 g/mol. The fourth-order valence-electron chi connectivity index (χ4n) is 0.452. The molecule has 1 aliphatic heterocycles. The zero-order chi connectivity index (χ0) is 11.7. The minimum atomic E-state index is -1.08. The Kier molecular flexibility index (Phi) is 7.21. The molecule has 1 fully saturated rings. The molecule has 0 aliphatic carbocycles. The lowest BCUT2D eigenvalue weighted by atomic mass is 10.3. The summed E-state index contributed by atoms with van der Waals surface area (Å²) in [5.41, 5.74) is 7.17. The van der Waals surface area contributed by atoms with Gasteiger partial charge in [-0.1, -0.05) is 12.2 Å². The highest BCUT2D eigenvalue weighted by Gasteiger charge is 2.06. The van der Waals surface area contributed by atoms with E-state index in [-0.39, 0.29) is 6.61 Å². The SMILES string of the molecule is C1CNC1.C=C(C)CONC(=O)C(N)=O. The second-order valence-electron chi connectivity index (χ2n) is 3.14. The van der Waals surface area contributed by atoms with Crippen LogP contribution in [-0.2, 0) is 14.4 Å². The van der Waals surface area contributed by atoms with E-state index in [4.69, 9.17) is 0 Å². The molecule has 0 unspecified atom stereocenters. The lowest BCUT2D eigenvalue weighted by Gasteiger charge is -2.09. The predicted molar refractivity (Wildman–Crippen MR) is 55.6 cm³/mol. The number of hydrogen-bond acceptors (Lipinski definition) is 4. The maximum Gasteiger partial charge on any atom is 0.332 e. The number of hydrogen-bond donors (Lipinski definition) is 3. The summed E-state index contributed by atoms with van der Waals surface area (Å²) in [6.45, 7) is 7.89. The second kappa shape index (κ2) is 7.95. The lowest BCUT2D eigenvalue weighted by Crippen LogP contribution is -2.36. The molecule has 6 nitrogen and oxygen atoms in total. The third-order valence-corrected chi connectivity index (χ3v) is 1.41. The van der Waals surface area contributed by atoms with Gasteiger partial charge in [0.25, 0.3) is 0 Å². The minimum Gasteiger partial charge on any atom is -0.361 e. The van der Waals surface area contributed by atoms with Crippen molar-refractivity contribution in [3.8, 4) is 0 Å². The third-order valence-electron chi connectivity index (χ3n) is 1.41. The molecular formula is C9H17N3O3. The smallest absolute Gasteiger partial charge is 0.332 e. The molecule has 0 aromatic rings. The Morgan fingerprint density at radius 3 is 2.27 bits per heavy atom. The number of primary amides is 1. The van der Waals surface area contributed by atoms with Gasteiger partial charge in [0.05, 0.1) is 6.61 Å². The molecule has 15 heavy (non-hydrogen) atoms. The Morgan fingerprint density at radius 2 is 2.00 bits per heavy atom. The van der Waals surface area contributed by atoms with Gasteiger partial charge in [0.1, 0.15) is 0 Å². The molecule has 1 saturated heterocycles. The van der Waals surface area contributed by atoms with Crippen LogP contribution in [0.25, 0.3) is 0 Å². The van der Waals surface area contributed by atoms with Gasteiger partial charge in [-0.25, -0.2) is 5.48 Å². The standard InChI is InChI=1S/C6H10N2O3.C3H7N/c1-4(2)3-11-8-6(10)5(7)9;1-2-4-3-1/h1,3H2,2H3,(H2,7,9)(H,8,10);4H,1-3H2. The molecule has 1 heterocycles. The van der Waals surface area contributed by atoms with E-state index < -0.39 is 11.8 Å². The predicted octanol–water partition coefficient (Wildman–Crippen LogP) is -0.925. The number of amides is 2. The zero-order valence-electron chi connectivity index (χ0n) is 8.84. The highest BCUT2D eigenvalue weighted by Crippen LogP contribution is 1.84. The minimum absolute atomic E-state index is 0.166. The van der Waals surface area contributed by atoms with E-state index in [1.807, 2.05) is 5.48 Å². The van der Waals surface area contributed by atoms with Crippen molar-refractivity contribution >= 4 is 11.8 Å². The molecule has 1 rings (SSSR count). The van der Waals surface area contributed by atoms with E-state index >= 15 is 0 Å². The lowest BCUT2D eigenvalue weighted by molar-refractivity contribution is -0.144. The second-order valence-corrected chi connectivity index (χ2v) is 3.14. The van der Waals surface area contributed by atoms with Crippen molar-refractivity contribution in [2.24, 2.45) is 5.73 Å². The fourth-order valence-corrected chi connectivity index (χ4v) is 0.452. The average molecular weight is 215 g/mol. The number of nitrogens with one attached hydrogen (secondary N) is 2. The molecule has 0 bridgehead atoms. The van der Waals surface area contributed by atoms with Crippen molar-refractivity contribution in [2.45, 2.75) is 13.3 Å². The number of rotatable bonds is 3. The van der Waals surface area contributed by atoms with Crippen molar-refractivity contribution in [1.29, 1.82) is 0 Å². The molecule has 4 N–H and O–H groups in total. The van der Waals surface area contributed by atoms with Crippen LogP contribution in [0.2, 0.25) is 0 Å². The Labute approximate surface area is 88.8 Å². The maximum absolute atomic E-state index is 10.4. The molecule has 0 saturated carbocycles. The molecular weight excluding hydrogens is 198 g/mol. The van der Waals surface area contributed by atoms with Gasteiger partial charge in [0.2, 0.25) is 0 Å². The number of nitrogens with two attached hydrogens (primary N) is 1. The molecule has 0 aromatic heterocycles. The summed E-state index contributed by atoms with van der Waals surface area (Å²) in [4.78, 5) is 25.0. The summed E-state index contributed by atoms with van der Waals surface area (Å²) < 4.78 is 0. The van der Waals surface area contributed by atoms with Gasteiger partial charge in [-0.05, 0) is 26.4 Å². The summed E-state index contributed by atoms with van der Waals surface area (Å²) in [6, 6.07) is 0. The van der Waals surface area contributed by atoms with Gasteiger partial charge in [0, 0.05) is 0 Å². The van der Waals surface area contributed by atoms with Crippen molar-refractivity contribution in [3.63, 3.8) is 0 Å². The van der Waals surface area contributed by atoms with Crippen molar-refractivity contribution in [2.75, 3.05) is 19.7 Å². The first kappa shape index (κ1) is 13.6. The average Bonchev–Trinajstić information content (AvgIpc) is 1.99. The maximum atomic E-state index is 10.4. The van der Waals surface area contributed by atoms with Crippen LogP contribution in [0.15, 0.2) is 12.2 Å². The normalized spacial score (nSPS) is 12.9. The molecule has 0 aromatic carbocycles. The summed E-state index contributed by atoms with van der Waals surface area (Å²) in [7, 11) is 0. The molecule has 6 heteroatoms. The van der Waals surface area contributed by atoms with Crippen molar-refractivity contribution < 1.29 is 14.4 Å². The van der Waals surface area contributed by atoms with E-state index in [1.54, 1.807) is 6.92 Å². The topological polar surface area (TPSA) is 93.4 Å². The highest BCUT2D eigenvalue weighted by molar-refractivity contribution is 6.34. The van der Waals surface area contributed by atoms with E-state index in [9.17, 15) is 9.59 Å². The number of hydroxylamine groups is 1. The summed E-state index contributed by atoms with van der Waals surface area (Å²) in [5.74, 6) is -2.04. The van der Waals surface area contributed by atoms with Gasteiger partial charge in [0.15, 0.2) is 0 Å². The van der Waals surface area contributed by atoms with Crippen LogP contribution in [0.5, 0.6) is 0 Å². The first-order valence-electron chi connectivity index (χ1n) is 4.60. The van der Waals surface area contributed by atoms with Crippen LogP contribution < -0.4 is 16.5 Å². The number of carbonyl (C=O) groups is 2. The van der Waals surface area contributed by atoms with Crippen molar-refractivity contribution in [3.05, 3.63) is 12.2 Å². The Bertz CT molecular complexity index is 233. The summed E-state index contributed by atoms with van der Waals surface area (Å²) in [5, 5.41) is 3.11. The number of carbonyl (C=O) groups excluding carboxylic acids is 2. The van der Waals surface area contributed by atoms with Crippen LogP contribution in [0.3, 0.4) is 0 Å². The molecule has 86 valence electrons. The quantitative estimate of drug-likeness (QED) is 0.322. The van der Waals surface area contributed by atoms with Crippen LogP contribution >= 0.6 is 0 Å². The molecule has 0 spiro atoms. The van der Waals surface area contributed by atoms with Crippen LogP contribution in [0.1, 0.15) is 13.3 Å². The van der Waals surface area contributed by atoms with E-state index in [2.05, 4.69) is 22.5 Å². The van der Waals surface area contributed by atoms with Crippen LogP contribution in [0, 0.1) is 0 Å². The largest absolute Gasteiger partial charge is 0.361 e. The zero-order valence-corrected chi connectivity index (χ0v) is 8.84. The molecule has 0 radical (unpaired) electrons. The van der Waals surface area contributed by atoms with Gasteiger partial charge in [-0.2, -0.15) is 0 Å². The first-order valence-corrected chi connectivity index (χ1v) is 4.60.